The zero-order valence-electron chi connectivity index (χ0n) is 12.2. The van der Waals surface area contributed by atoms with E-state index in [0.717, 1.165) is 6.54 Å². The fraction of sp³-hybridized carbons (Fsp3) is 0.600. The molecule has 2 rings (SSSR count). The standard InChI is InChI=1S/C15H25N2Si/c1-16-9-11-17(12-10-16)13-14-7-5-6-8-15(14)18(2,3)4/h5,7-8H,9-13H2,1-4H3. The first-order valence-corrected chi connectivity index (χ1v) is 10.4. The van der Waals surface area contributed by atoms with Crippen molar-refractivity contribution in [2.24, 2.45) is 0 Å². The van der Waals surface area contributed by atoms with Crippen LogP contribution in [0, 0.1) is 6.07 Å². The average molecular weight is 261 g/mol. The van der Waals surface area contributed by atoms with Gasteiger partial charge in [-0.2, -0.15) is 0 Å². The Hall–Kier alpha value is -0.643. The molecular weight excluding hydrogens is 236 g/mol. The first kappa shape index (κ1) is 13.8. The lowest BCUT2D eigenvalue weighted by Crippen LogP contribution is -2.46. The van der Waals surface area contributed by atoms with Crippen molar-refractivity contribution in [1.29, 1.82) is 0 Å². The molecule has 18 heavy (non-hydrogen) atoms. The quantitative estimate of drug-likeness (QED) is 0.765. The summed E-state index contributed by atoms with van der Waals surface area (Å²) in [5, 5.41) is 1.57. The lowest BCUT2D eigenvalue weighted by Gasteiger charge is -2.33. The fourth-order valence-electron chi connectivity index (χ4n) is 2.55. The molecule has 0 spiro atoms. The molecule has 0 aromatic heterocycles. The molecular formula is C15H25N2Si. The van der Waals surface area contributed by atoms with E-state index in [1.807, 2.05) is 0 Å². The number of likely N-dealkylation sites (N-methyl/N-ethyl adjacent to an activating group) is 1. The average Bonchev–Trinajstić information content (AvgIpc) is 2.31. The van der Waals surface area contributed by atoms with Crippen molar-refractivity contribution in [2.45, 2.75) is 26.2 Å². The Labute approximate surface area is 113 Å². The van der Waals surface area contributed by atoms with Crippen LogP contribution in [0.1, 0.15) is 5.56 Å². The second-order valence-corrected chi connectivity index (χ2v) is 11.5. The Morgan fingerprint density at radius 2 is 1.83 bits per heavy atom. The van der Waals surface area contributed by atoms with Gasteiger partial charge in [0.25, 0.3) is 0 Å². The van der Waals surface area contributed by atoms with E-state index in [2.05, 4.69) is 60.8 Å². The van der Waals surface area contributed by atoms with Crippen molar-refractivity contribution in [3.8, 4) is 0 Å². The SMILES string of the molecule is CN1CCN(Cc2cc[c]cc2[Si](C)(C)C)CC1. The first-order valence-electron chi connectivity index (χ1n) is 6.87. The van der Waals surface area contributed by atoms with Gasteiger partial charge in [0.2, 0.25) is 0 Å². The smallest absolute Gasteiger partial charge is 0.0780 e. The van der Waals surface area contributed by atoms with Crippen LogP contribution in [-0.4, -0.2) is 51.1 Å². The molecule has 1 fully saturated rings. The van der Waals surface area contributed by atoms with Gasteiger partial charge in [0.05, 0.1) is 8.07 Å². The molecule has 0 atom stereocenters. The maximum absolute atomic E-state index is 3.26. The highest BCUT2D eigenvalue weighted by Crippen LogP contribution is 2.11. The van der Waals surface area contributed by atoms with Gasteiger partial charge >= 0.3 is 0 Å². The van der Waals surface area contributed by atoms with Crippen LogP contribution in [0.2, 0.25) is 19.6 Å². The number of hydrogen-bond donors (Lipinski definition) is 0. The highest BCUT2D eigenvalue weighted by atomic mass is 28.3. The molecule has 99 valence electrons. The minimum absolute atomic E-state index is 1.11. The van der Waals surface area contributed by atoms with Crippen molar-refractivity contribution in [3.05, 3.63) is 29.8 Å². The number of hydrogen-bond acceptors (Lipinski definition) is 2. The lowest BCUT2D eigenvalue weighted by atomic mass is 10.2. The third-order valence-corrected chi connectivity index (χ3v) is 5.83. The van der Waals surface area contributed by atoms with Gasteiger partial charge in [-0.1, -0.05) is 43.0 Å². The van der Waals surface area contributed by atoms with Gasteiger partial charge < -0.3 is 4.90 Å². The molecule has 3 heteroatoms. The van der Waals surface area contributed by atoms with E-state index in [4.69, 9.17) is 0 Å². The van der Waals surface area contributed by atoms with Crippen LogP contribution < -0.4 is 5.19 Å². The monoisotopic (exact) mass is 261 g/mol. The predicted octanol–water partition coefficient (Wildman–Crippen LogP) is 1.78. The molecule has 1 aromatic rings. The van der Waals surface area contributed by atoms with E-state index in [-0.39, 0.29) is 0 Å². The molecule has 2 nitrogen and oxygen atoms in total. The first-order chi connectivity index (χ1) is 8.47. The topological polar surface area (TPSA) is 6.48 Å². The van der Waals surface area contributed by atoms with Crippen LogP contribution in [0.4, 0.5) is 0 Å². The third kappa shape index (κ3) is 3.43. The molecule has 1 heterocycles. The molecule has 1 aliphatic rings. The molecule has 1 radical (unpaired) electrons. The summed E-state index contributed by atoms with van der Waals surface area (Å²) in [6, 6.07) is 9.81. The van der Waals surface area contributed by atoms with Gasteiger partial charge in [0.1, 0.15) is 0 Å². The van der Waals surface area contributed by atoms with Crippen molar-refractivity contribution in [3.63, 3.8) is 0 Å². The van der Waals surface area contributed by atoms with Gasteiger partial charge in [-0.05, 0) is 18.7 Å². The van der Waals surface area contributed by atoms with E-state index in [9.17, 15) is 0 Å². The van der Waals surface area contributed by atoms with E-state index >= 15 is 0 Å². The van der Waals surface area contributed by atoms with E-state index in [1.54, 1.807) is 5.19 Å². The summed E-state index contributed by atoms with van der Waals surface area (Å²) in [5.41, 5.74) is 1.53. The Bertz CT molecular complexity index is 390. The fourth-order valence-corrected chi connectivity index (χ4v) is 4.19. The predicted molar refractivity (Wildman–Crippen MR) is 81.0 cm³/mol. The Morgan fingerprint density at radius 3 is 2.44 bits per heavy atom. The largest absolute Gasteiger partial charge is 0.304 e. The van der Waals surface area contributed by atoms with Gasteiger partial charge in [0.15, 0.2) is 0 Å². The Morgan fingerprint density at radius 1 is 1.17 bits per heavy atom. The van der Waals surface area contributed by atoms with Gasteiger partial charge in [-0.3, -0.25) is 4.90 Å². The Balaban J connectivity index is 2.10. The van der Waals surface area contributed by atoms with Crippen LogP contribution in [0.3, 0.4) is 0 Å². The van der Waals surface area contributed by atoms with Gasteiger partial charge in [0, 0.05) is 32.7 Å². The van der Waals surface area contributed by atoms with Crippen LogP contribution in [0.25, 0.3) is 0 Å². The summed E-state index contributed by atoms with van der Waals surface area (Å²) in [5.74, 6) is 0. The second-order valence-electron chi connectivity index (χ2n) is 6.41. The zero-order valence-corrected chi connectivity index (χ0v) is 13.2. The number of piperazine rings is 1. The molecule has 0 aliphatic carbocycles. The molecule has 1 aliphatic heterocycles. The Kier molecular flexibility index (Phi) is 4.25. The summed E-state index contributed by atoms with van der Waals surface area (Å²) in [6.45, 7) is 13.2. The summed E-state index contributed by atoms with van der Waals surface area (Å²) in [7, 11) is 0.966. The van der Waals surface area contributed by atoms with Crippen molar-refractivity contribution < 1.29 is 0 Å². The molecule has 0 unspecified atom stereocenters. The zero-order chi connectivity index (χ0) is 13.2. The minimum Gasteiger partial charge on any atom is -0.304 e. The van der Waals surface area contributed by atoms with Gasteiger partial charge in [-0.15, -0.1) is 0 Å². The van der Waals surface area contributed by atoms with Crippen molar-refractivity contribution in [2.75, 3.05) is 33.2 Å². The third-order valence-electron chi connectivity index (χ3n) is 3.75. The van der Waals surface area contributed by atoms with Crippen molar-refractivity contribution in [1.82, 2.24) is 9.80 Å². The maximum atomic E-state index is 3.26. The minimum atomic E-state index is -1.24. The number of benzene rings is 1. The molecule has 0 bridgehead atoms. The summed E-state index contributed by atoms with van der Waals surface area (Å²) in [4.78, 5) is 4.99. The number of rotatable bonds is 3. The van der Waals surface area contributed by atoms with Crippen molar-refractivity contribution >= 4 is 13.3 Å². The van der Waals surface area contributed by atoms with Crippen LogP contribution in [0.5, 0.6) is 0 Å². The van der Waals surface area contributed by atoms with E-state index in [1.165, 1.54) is 31.7 Å². The lowest BCUT2D eigenvalue weighted by molar-refractivity contribution is 0.148. The molecule has 0 saturated carbocycles. The highest BCUT2D eigenvalue weighted by Gasteiger charge is 2.21. The normalized spacial score (nSPS) is 19.1. The number of nitrogens with zero attached hydrogens (tertiary/aromatic N) is 2. The summed E-state index contributed by atoms with van der Waals surface area (Å²) < 4.78 is 0. The molecule has 0 N–H and O–H groups in total. The summed E-state index contributed by atoms with van der Waals surface area (Å²) >= 11 is 0. The molecule has 1 aromatic carbocycles. The van der Waals surface area contributed by atoms with E-state index < -0.39 is 8.07 Å². The highest BCUT2D eigenvalue weighted by molar-refractivity contribution is 6.89. The van der Waals surface area contributed by atoms with Gasteiger partial charge in [-0.25, -0.2) is 0 Å². The second kappa shape index (κ2) is 5.55. The van der Waals surface area contributed by atoms with Crippen LogP contribution in [0.15, 0.2) is 18.2 Å². The van der Waals surface area contributed by atoms with Crippen LogP contribution in [-0.2, 0) is 6.54 Å². The summed E-state index contributed by atoms with van der Waals surface area (Å²) in [6.07, 6.45) is 0. The molecule has 0 amide bonds. The van der Waals surface area contributed by atoms with Crippen LogP contribution >= 0.6 is 0 Å². The van der Waals surface area contributed by atoms with E-state index in [0.29, 0.717) is 0 Å². The maximum Gasteiger partial charge on any atom is 0.0780 e. The molecule has 1 saturated heterocycles.